The van der Waals surface area contributed by atoms with Crippen molar-refractivity contribution in [3.8, 4) is 17.2 Å². The number of para-hydroxylation sites is 2. The number of aliphatic imine (C=N–C) groups is 1. The van der Waals surface area contributed by atoms with Gasteiger partial charge in [-0.15, -0.1) is 0 Å². The average molecular weight is 919 g/mol. The maximum atomic E-state index is 14.2. The van der Waals surface area contributed by atoms with E-state index >= 15 is 0 Å². The fraction of sp³-hybridized carbons (Fsp3) is 0.421. The zero-order valence-electron chi connectivity index (χ0n) is 40.4. The fourth-order valence-electron chi connectivity index (χ4n) is 10.2. The molecule has 0 fully saturated rings. The van der Waals surface area contributed by atoms with Crippen LogP contribution in [0.4, 0.5) is 22.7 Å². The van der Waals surface area contributed by atoms with Crippen molar-refractivity contribution in [3.05, 3.63) is 136 Å². The van der Waals surface area contributed by atoms with Crippen molar-refractivity contribution in [2.24, 2.45) is 10.9 Å². The van der Waals surface area contributed by atoms with Gasteiger partial charge < -0.3 is 33.5 Å². The number of nitrogens with zero attached hydrogens (tertiary/aromatic N) is 4. The standard InChI is InChI=1S/C57H66N4O7/c1-6-22-65-24-25-66-23-21-59(20-12-11-13-38(2)3)46-28-40(36-67-53-32-42-18-19-45-30-43-14-7-9-16-51(43)60(45)56(62)48(42)26-39(53)4)27-41(29-46)37-68-55-34-50-49(33-54(55)64-5)57(63)61-47(35-58-50)31-44-15-8-10-17-52(44)61/h7-10,14-17,26-29,32-35,38,45,47H,6,11-13,18-25,30-31,36-37H2,1-5H3/t45-,47+/m1/s1. The SMILES string of the molecule is CCCOCCOCCN(CCCCC(C)C)c1cc(COc2cc3c(cc2C)C(=O)N2c4ccccc4C[C@H]2CC3)cc(COc2cc3c(cc2OC)C(=O)N2c4ccccc4C[C@H]2C=N3)c1. The van der Waals surface area contributed by atoms with Crippen LogP contribution >= 0.6 is 0 Å². The van der Waals surface area contributed by atoms with Gasteiger partial charge in [0.1, 0.15) is 19.0 Å². The van der Waals surface area contributed by atoms with Crippen LogP contribution in [0.15, 0.2) is 96.0 Å². The molecule has 9 rings (SSSR count). The smallest absolute Gasteiger partial charge is 0.261 e. The third-order valence-corrected chi connectivity index (χ3v) is 13.7. The van der Waals surface area contributed by atoms with Gasteiger partial charge in [-0.1, -0.05) is 70.0 Å². The van der Waals surface area contributed by atoms with Gasteiger partial charge in [-0.3, -0.25) is 19.5 Å². The Morgan fingerprint density at radius 1 is 0.706 bits per heavy atom. The molecular weight excluding hydrogens is 853 g/mol. The molecular formula is C57H66N4O7. The van der Waals surface area contributed by atoms with Crippen LogP contribution in [0.5, 0.6) is 17.2 Å². The molecule has 68 heavy (non-hydrogen) atoms. The molecule has 5 aromatic carbocycles. The van der Waals surface area contributed by atoms with E-state index in [4.69, 9.17) is 28.7 Å². The van der Waals surface area contributed by atoms with E-state index in [-0.39, 0.29) is 30.5 Å². The minimum atomic E-state index is -0.160. The van der Waals surface area contributed by atoms with Crippen LogP contribution in [-0.2, 0) is 41.9 Å². The molecule has 4 aliphatic rings. The van der Waals surface area contributed by atoms with Crippen LogP contribution in [-0.4, -0.2) is 76.7 Å². The second-order valence-corrected chi connectivity index (χ2v) is 19.0. The van der Waals surface area contributed by atoms with Crippen LogP contribution in [0.3, 0.4) is 0 Å². The Morgan fingerprint density at radius 2 is 1.40 bits per heavy atom. The number of ether oxygens (including phenoxy) is 5. The summed E-state index contributed by atoms with van der Waals surface area (Å²) in [6.07, 6.45) is 9.53. The lowest BCUT2D eigenvalue weighted by Gasteiger charge is -2.27. The molecule has 0 unspecified atom stereocenters. The van der Waals surface area contributed by atoms with E-state index in [1.165, 1.54) is 12.0 Å². The predicted octanol–water partition coefficient (Wildman–Crippen LogP) is 11.0. The number of carbonyl (C=O) groups excluding carboxylic acids is 2. The van der Waals surface area contributed by atoms with Crippen molar-refractivity contribution in [3.63, 3.8) is 0 Å². The van der Waals surface area contributed by atoms with E-state index in [2.05, 4.69) is 74.2 Å². The highest BCUT2D eigenvalue weighted by Crippen LogP contribution is 2.42. The summed E-state index contributed by atoms with van der Waals surface area (Å²) in [6.45, 7) is 13.3. The molecule has 11 heteroatoms. The summed E-state index contributed by atoms with van der Waals surface area (Å²) in [4.78, 5) is 39.4. The predicted molar refractivity (Wildman–Crippen MR) is 270 cm³/mol. The third kappa shape index (κ3) is 10.3. The van der Waals surface area contributed by atoms with Crippen LogP contribution in [0.25, 0.3) is 0 Å². The summed E-state index contributed by atoms with van der Waals surface area (Å²) in [5.41, 5.74) is 11.1. The van der Waals surface area contributed by atoms with Gasteiger partial charge in [0, 0.05) is 67.1 Å². The summed E-state index contributed by atoms with van der Waals surface area (Å²) in [5, 5.41) is 0. The number of amides is 2. The van der Waals surface area contributed by atoms with Crippen molar-refractivity contribution in [1.29, 1.82) is 0 Å². The van der Waals surface area contributed by atoms with Gasteiger partial charge in [0.15, 0.2) is 11.5 Å². The number of hydrogen-bond donors (Lipinski definition) is 0. The van der Waals surface area contributed by atoms with Crippen LogP contribution in [0.2, 0.25) is 0 Å². The van der Waals surface area contributed by atoms with E-state index < -0.39 is 0 Å². The number of fused-ring (bicyclic) bond motifs is 8. The van der Waals surface area contributed by atoms with Crippen LogP contribution in [0.1, 0.15) is 107 Å². The Morgan fingerprint density at radius 3 is 2.13 bits per heavy atom. The van der Waals surface area contributed by atoms with Crippen molar-refractivity contribution in [2.75, 3.05) is 61.3 Å². The third-order valence-electron chi connectivity index (χ3n) is 13.7. The summed E-state index contributed by atoms with van der Waals surface area (Å²) < 4.78 is 31.0. The number of hydrogen-bond acceptors (Lipinski definition) is 9. The molecule has 0 aromatic heterocycles. The highest BCUT2D eigenvalue weighted by Gasteiger charge is 2.38. The minimum absolute atomic E-state index is 0.0704. The number of rotatable bonds is 21. The first-order chi connectivity index (χ1) is 33.2. The number of carbonyl (C=O) groups is 2. The summed E-state index contributed by atoms with van der Waals surface area (Å²) >= 11 is 0. The molecule has 0 bridgehead atoms. The summed E-state index contributed by atoms with van der Waals surface area (Å²) in [7, 11) is 1.60. The van der Waals surface area contributed by atoms with Crippen LogP contribution in [0, 0.1) is 12.8 Å². The van der Waals surface area contributed by atoms with Crippen molar-refractivity contribution in [2.45, 2.75) is 104 Å². The molecule has 4 aliphatic heterocycles. The Kier molecular flexibility index (Phi) is 14.8. The zero-order chi connectivity index (χ0) is 47.1. The van der Waals surface area contributed by atoms with E-state index in [9.17, 15) is 9.59 Å². The lowest BCUT2D eigenvalue weighted by molar-refractivity contribution is 0.0505. The molecule has 0 radical (unpaired) electrons. The normalized spacial score (nSPS) is 16.7. The first kappa shape index (κ1) is 46.9. The van der Waals surface area contributed by atoms with Gasteiger partial charge in [0.05, 0.1) is 44.2 Å². The summed E-state index contributed by atoms with van der Waals surface area (Å²) in [6, 6.07) is 30.6. The van der Waals surface area contributed by atoms with Crippen molar-refractivity contribution < 1.29 is 33.3 Å². The second kappa shape index (κ2) is 21.4. The zero-order valence-corrected chi connectivity index (χ0v) is 40.4. The molecule has 5 aromatic rings. The van der Waals surface area contributed by atoms with E-state index in [1.807, 2.05) is 59.3 Å². The molecule has 2 atom stereocenters. The first-order valence-corrected chi connectivity index (χ1v) is 24.7. The van der Waals surface area contributed by atoms with Crippen molar-refractivity contribution >= 4 is 40.8 Å². The molecule has 11 nitrogen and oxygen atoms in total. The van der Waals surface area contributed by atoms with Gasteiger partial charge in [-0.05, 0) is 127 Å². The molecule has 4 heterocycles. The molecule has 0 saturated carbocycles. The molecule has 2 amide bonds. The quantitative estimate of drug-likeness (QED) is 0.0671. The van der Waals surface area contributed by atoms with Gasteiger partial charge in [-0.2, -0.15) is 0 Å². The molecule has 0 spiro atoms. The number of aryl methyl sites for hydroxylation is 2. The maximum Gasteiger partial charge on any atom is 0.261 e. The van der Waals surface area contributed by atoms with E-state index in [0.29, 0.717) is 61.6 Å². The summed E-state index contributed by atoms with van der Waals surface area (Å²) in [5.74, 6) is 2.35. The highest BCUT2D eigenvalue weighted by atomic mass is 16.5. The lowest BCUT2D eigenvalue weighted by atomic mass is 9.98. The monoisotopic (exact) mass is 918 g/mol. The molecule has 0 N–H and O–H groups in total. The first-order valence-electron chi connectivity index (χ1n) is 24.7. The van der Waals surface area contributed by atoms with Gasteiger partial charge >= 0.3 is 0 Å². The Bertz CT molecular complexity index is 2640. The fourth-order valence-corrected chi connectivity index (χ4v) is 10.2. The van der Waals surface area contributed by atoms with E-state index in [1.54, 1.807) is 13.2 Å². The number of methoxy groups -OCH3 is 1. The van der Waals surface area contributed by atoms with Gasteiger partial charge in [0.25, 0.3) is 11.8 Å². The Labute approximate surface area is 402 Å². The maximum absolute atomic E-state index is 14.2. The van der Waals surface area contributed by atoms with Gasteiger partial charge in [0.2, 0.25) is 0 Å². The Hall–Kier alpha value is -6.17. The number of unbranched alkanes of at least 4 members (excludes halogenated alkanes) is 1. The molecule has 0 aliphatic carbocycles. The molecule has 0 saturated heterocycles. The second-order valence-electron chi connectivity index (χ2n) is 19.0. The topological polar surface area (TPSA) is 102 Å². The van der Waals surface area contributed by atoms with Crippen LogP contribution < -0.4 is 28.9 Å². The lowest BCUT2D eigenvalue weighted by Crippen LogP contribution is -2.37. The van der Waals surface area contributed by atoms with E-state index in [0.717, 1.165) is 114 Å². The van der Waals surface area contributed by atoms with Crippen molar-refractivity contribution in [1.82, 2.24) is 0 Å². The largest absolute Gasteiger partial charge is 0.493 e. The minimum Gasteiger partial charge on any atom is -0.493 e. The van der Waals surface area contributed by atoms with Gasteiger partial charge in [-0.25, -0.2) is 0 Å². The number of benzene rings is 5. The highest BCUT2D eigenvalue weighted by molar-refractivity contribution is 6.15. The number of anilines is 3. The Balaban J connectivity index is 0.979. The molecule has 356 valence electrons. The average Bonchev–Trinajstić information content (AvgIpc) is 3.84.